The van der Waals surface area contributed by atoms with Gasteiger partial charge in [-0.3, -0.25) is 0 Å². The zero-order valence-electron chi connectivity index (χ0n) is 11.9. The lowest BCUT2D eigenvalue weighted by atomic mass is 9.91. The molecule has 1 saturated carbocycles. The smallest absolute Gasteiger partial charge is 0.00696 e. The number of hydrogen-bond donors (Lipinski definition) is 1. The molecule has 0 aromatic heterocycles. The summed E-state index contributed by atoms with van der Waals surface area (Å²) in [5.74, 6) is 0.874. The predicted molar refractivity (Wildman–Crippen MR) is 78.9 cm³/mol. The molecule has 0 heterocycles. The van der Waals surface area contributed by atoms with Gasteiger partial charge in [0.2, 0.25) is 0 Å². The van der Waals surface area contributed by atoms with Gasteiger partial charge in [0, 0.05) is 6.04 Å². The third-order valence-electron chi connectivity index (χ3n) is 4.17. The molecule has 1 aliphatic rings. The van der Waals surface area contributed by atoms with E-state index < -0.39 is 0 Å². The molecule has 2 unspecified atom stereocenters. The van der Waals surface area contributed by atoms with Gasteiger partial charge >= 0.3 is 0 Å². The Hall–Kier alpha value is -0.820. The Morgan fingerprint density at radius 1 is 1.11 bits per heavy atom. The molecule has 2 atom stereocenters. The van der Waals surface area contributed by atoms with E-state index in [0.29, 0.717) is 0 Å². The van der Waals surface area contributed by atoms with Gasteiger partial charge in [0.25, 0.3) is 0 Å². The number of nitrogens with one attached hydrogen (secondary N) is 1. The topological polar surface area (TPSA) is 12.0 Å². The maximum Gasteiger partial charge on any atom is 0.00696 e. The molecule has 1 fully saturated rings. The average molecular weight is 245 g/mol. The van der Waals surface area contributed by atoms with Crippen LogP contribution in [-0.2, 0) is 6.42 Å². The van der Waals surface area contributed by atoms with Gasteiger partial charge in [0.15, 0.2) is 0 Å². The highest BCUT2D eigenvalue weighted by Gasteiger charge is 2.19. The van der Waals surface area contributed by atoms with Crippen LogP contribution in [0.5, 0.6) is 0 Å². The van der Waals surface area contributed by atoms with Crippen LogP contribution in [-0.4, -0.2) is 12.6 Å². The molecule has 2 rings (SSSR count). The summed E-state index contributed by atoms with van der Waals surface area (Å²) in [6.45, 7) is 5.50. The van der Waals surface area contributed by atoms with E-state index in [1.807, 2.05) is 0 Å². The minimum Gasteiger partial charge on any atom is -0.314 e. The average Bonchev–Trinajstić information content (AvgIpc) is 2.58. The Kier molecular flexibility index (Phi) is 5.25. The first-order chi connectivity index (χ1) is 8.78. The largest absolute Gasteiger partial charge is 0.314 e. The van der Waals surface area contributed by atoms with Crippen LogP contribution in [0.1, 0.15) is 50.2 Å². The quantitative estimate of drug-likeness (QED) is 0.788. The maximum atomic E-state index is 3.65. The molecule has 1 nitrogen and oxygen atoms in total. The predicted octanol–water partition coefficient (Wildman–Crippen LogP) is 4.10. The summed E-state index contributed by atoms with van der Waals surface area (Å²) in [6.07, 6.45) is 8.23. The van der Waals surface area contributed by atoms with E-state index in [1.165, 1.54) is 49.7 Å². The van der Waals surface area contributed by atoms with Gasteiger partial charge in [-0.05, 0) is 44.2 Å². The van der Waals surface area contributed by atoms with E-state index in [9.17, 15) is 0 Å². The molecule has 0 spiro atoms. The monoisotopic (exact) mass is 245 g/mol. The molecule has 0 bridgehead atoms. The molecule has 0 saturated heterocycles. The Morgan fingerprint density at radius 3 is 2.56 bits per heavy atom. The Balaban J connectivity index is 1.92. The van der Waals surface area contributed by atoms with Crippen molar-refractivity contribution >= 4 is 0 Å². The summed E-state index contributed by atoms with van der Waals surface area (Å²) in [7, 11) is 0. The molecule has 1 aromatic rings. The first-order valence-electron chi connectivity index (χ1n) is 7.57. The van der Waals surface area contributed by atoms with Gasteiger partial charge in [-0.25, -0.2) is 0 Å². The van der Waals surface area contributed by atoms with Gasteiger partial charge in [-0.15, -0.1) is 0 Å². The van der Waals surface area contributed by atoms with Crippen molar-refractivity contribution < 1.29 is 0 Å². The van der Waals surface area contributed by atoms with Gasteiger partial charge in [-0.2, -0.15) is 0 Å². The normalized spacial score (nSPS) is 24.8. The van der Waals surface area contributed by atoms with E-state index in [0.717, 1.165) is 18.5 Å². The van der Waals surface area contributed by atoms with Crippen molar-refractivity contribution in [2.45, 2.75) is 58.4 Å². The second kappa shape index (κ2) is 6.94. The van der Waals surface area contributed by atoms with Crippen LogP contribution >= 0.6 is 0 Å². The van der Waals surface area contributed by atoms with Gasteiger partial charge in [-0.1, -0.05) is 56.0 Å². The van der Waals surface area contributed by atoms with Crippen molar-refractivity contribution in [1.29, 1.82) is 0 Å². The number of aryl methyl sites for hydroxylation is 1. The summed E-state index contributed by atoms with van der Waals surface area (Å²) in [5.41, 5.74) is 2.88. The Morgan fingerprint density at radius 2 is 1.83 bits per heavy atom. The molecule has 0 aliphatic heterocycles. The van der Waals surface area contributed by atoms with Crippen LogP contribution < -0.4 is 5.32 Å². The SMILES string of the molecule is CCNC1CCCCC(Cc2ccc(C)cc2)C1. The first-order valence-corrected chi connectivity index (χ1v) is 7.57. The molecule has 0 radical (unpaired) electrons. The molecule has 1 aromatic carbocycles. The zero-order chi connectivity index (χ0) is 12.8. The van der Waals surface area contributed by atoms with E-state index >= 15 is 0 Å². The summed E-state index contributed by atoms with van der Waals surface area (Å²) in [5, 5.41) is 3.65. The maximum absolute atomic E-state index is 3.65. The van der Waals surface area contributed by atoms with Crippen LogP contribution in [0, 0.1) is 12.8 Å². The Labute approximate surface area is 112 Å². The van der Waals surface area contributed by atoms with Crippen molar-refractivity contribution in [3.8, 4) is 0 Å². The number of benzene rings is 1. The van der Waals surface area contributed by atoms with Gasteiger partial charge < -0.3 is 5.32 Å². The summed E-state index contributed by atoms with van der Waals surface area (Å²) in [4.78, 5) is 0. The lowest BCUT2D eigenvalue weighted by Crippen LogP contribution is -2.30. The van der Waals surface area contributed by atoms with Crippen LogP contribution in [0.3, 0.4) is 0 Å². The highest BCUT2D eigenvalue weighted by atomic mass is 14.9. The van der Waals surface area contributed by atoms with Gasteiger partial charge in [0.05, 0.1) is 0 Å². The lowest BCUT2D eigenvalue weighted by molar-refractivity contribution is 0.389. The highest BCUT2D eigenvalue weighted by Crippen LogP contribution is 2.26. The fourth-order valence-electron chi connectivity index (χ4n) is 3.18. The first kappa shape index (κ1) is 13.6. The lowest BCUT2D eigenvalue weighted by Gasteiger charge is -2.20. The summed E-state index contributed by atoms with van der Waals surface area (Å²) >= 11 is 0. The van der Waals surface area contributed by atoms with Crippen molar-refractivity contribution in [3.05, 3.63) is 35.4 Å². The van der Waals surface area contributed by atoms with Gasteiger partial charge in [0.1, 0.15) is 0 Å². The molecule has 18 heavy (non-hydrogen) atoms. The van der Waals surface area contributed by atoms with Crippen molar-refractivity contribution in [2.75, 3.05) is 6.54 Å². The molecule has 0 amide bonds. The zero-order valence-corrected chi connectivity index (χ0v) is 11.9. The van der Waals surface area contributed by atoms with Crippen LogP contribution in [0.4, 0.5) is 0 Å². The van der Waals surface area contributed by atoms with Crippen molar-refractivity contribution in [3.63, 3.8) is 0 Å². The third kappa shape index (κ3) is 4.13. The minimum absolute atomic E-state index is 0.757. The van der Waals surface area contributed by atoms with Crippen molar-refractivity contribution in [2.24, 2.45) is 5.92 Å². The number of rotatable bonds is 4. The van der Waals surface area contributed by atoms with Crippen LogP contribution in [0.2, 0.25) is 0 Å². The molecule has 1 aliphatic carbocycles. The van der Waals surface area contributed by atoms with Crippen molar-refractivity contribution in [1.82, 2.24) is 5.32 Å². The standard InChI is InChI=1S/C17H27N/c1-3-18-17-7-5-4-6-16(13-17)12-15-10-8-14(2)9-11-15/h8-11,16-18H,3-7,12-13H2,1-2H3. The fraction of sp³-hybridized carbons (Fsp3) is 0.647. The molecular formula is C17H27N. The summed E-state index contributed by atoms with van der Waals surface area (Å²) < 4.78 is 0. The third-order valence-corrected chi connectivity index (χ3v) is 4.17. The fourth-order valence-corrected chi connectivity index (χ4v) is 3.18. The van der Waals surface area contributed by atoms with Crippen LogP contribution in [0.15, 0.2) is 24.3 Å². The summed E-state index contributed by atoms with van der Waals surface area (Å²) in [6, 6.07) is 9.86. The second-order valence-electron chi connectivity index (χ2n) is 5.83. The molecule has 1 heteroatoms. The molecule has 100 valence electrons. The minimum atomic E-state index is 0.757. The van der Waals surface area contributed by atoms with E-state index in [4.69, 9.17) is 0 Å². The number of hydrogen-bond acceptors (Lipinski definition) is 1. The van der Waals surface area contributed by atoms with E-state index in [2.05, 4.69) is 43.4 Å². The second-order valence-corrected chi connectivity index (χ2v) is 5.83. The van der Waals surface area contributed by atoms with E-state index in [1.54, 1.807) is 0 Å². The van der Waals surface area contributed by atoms with Crippen LogP contribution in [0.25, 0.3) is 0 Å². The molecular weight excluding hydrogens is 218 g/mol. The Bertz CT molecular complexity index is 341. The molecule has 1 N–H and O–H groups in total. The van der Waals surface area contributed by atoms with E-state index in [-0.39, 0.29) is 0 Å². The highest BCUT2D eigenvalue weighted by molar-refractivity contribution is 5.21.